The van der Waals surface area contributed by atoms with Crippen molar-refractivity contribution in [2.45, 2.75) is 6.92 Å². The van der Waals surface area contributed by atoms with Gasteiger partial charge in [0, 0.05) is 0 Å². The van der Waals surface area contributed by atoms with Gasteiger partial charge in [-0.05, 0) is 40.5 Å². The average Bonchev–Trinajstić information content (AvgIpc) is 2.90. The van der Waals surface area contributed by atoms with Crippen LogP contribution in [0.25, 0.3) is 11.0 Å². The molecule has 0 aliphatic heterocycles. The number of nitrogens with zero attached hydrogens (tertiary/aromatic N) is 3. The third-order valence-electron chi connectivity index (χ3n) is 2.70. The third-order valence-corrected chi connectivity index (χ3v) is 3.32. The summed E-state index contributed by atoms with van der Waals surface area (Å²) < 4.78 is 6.67. The molecule has 0 fully saturated rings. The van der Waals surface area contributed by atoms with Crippen molar-refractivity contribution >= 4 is 32.9 Å². The van der Waals surface area contributed by atoms with Gasteiger partial charge in [-0.3, -0.25) is 10.5 Å². The second-order valence-electron chi connectivity index (χ2n) is 4.16. The summed E-state index contributed by atoms with van der Waals surface area (Å²) in [6, 6.07) is 5.78. The molecule has 0 saturated heterocycles. The van der Waals surface area contributed by atoms with E-state index in [4.69, 9.17) is 10.6 Å². The van der Waals surface area contributed by atoms with Crippen LogP contribution in [-0.2, 0) is 0 Å². The highest BCUT2D eigenvalue weighted by Crippen LogP contribution is 2.32. The SMILES string of the molecule is Cc1ccc(Oc2nc(NN)nc3[nH]ncc23)c(Br)c1. The molecule has 4 N–H and O–H groups in total. The van der Waals surface area contributed by atoms with Gasteiger partial charge >= 0.3 is 0 Å². The quantitative estimate of drug-likeness (QED) is 0.502. The minimum absolute atomic E-state index is 0.250. The van der Waals surface area contributed by atoms with Gasteiger partial charge in [-0.25, -0.2) is 5.84 Å². The zero-order valence-electron chi connectivity index (χ0n) is 10.5. The van der Waals surface area contributed by atoms with Crippen molar-refractivity contribution in [1.82, 2.24) is 20.2 Å². The molecule has 8 heteroatoms. The lowest BCUT2D eigenvalue weighted by Gasteiger charge is -2.09. The fourth-order valence-corrected chi connectivity index (χ4v) is 2.32. The predicted octanol–water partition coefficient (Wildman–Crippen LogP) is 2.50. The summed E-state index contributed by atoms with van der Waals surface area (Å²) in [5.74, 6) is 6.63. The molecule has 2 aromatic heterocycles. The van der Waals surface area contributed by atoms with E-state index in [2.05, 4.69) is 41.5 Å². The van der Waals surface area contributed by atoms with E-state index in [0.717, 1.165) is 10.0 Å². The van der Waals surface area contributed by atoms with Crippen LogP contribution in [0, 0.1) is 6.92 Å². The molecule has 0 spiro atoms. The first-order valence-corrected chi connectivity index (χ1v) is 6.58. The Morgan fingerprint density at radius 1 is 1.35 bits per heavy atom. The zero-order chi connectivity index (χ0) is 14.1. The van der Waals surface area contributed by atoms with Crippen molar-refractivity contribution in [3.05, 3.63) is 34.4 Å². The van der Waals surface area contributed by atoms with Gasteiger partial charge < -0.3 is 4.74 Å². The molecule has 3 rings (SSSR count). The number of hydrogen-bond donors (Lipinski definition) is 3. The maximum Gasteiger partial charge on any atom is 0.242 e. The van der Waals surface area contributed by atoms with Crippen molar-refractivity contribution < 1.29 is 4.74 Å². The number of nitrogens with two attached hydrogens (primary N) is 1. The molecule has 1 aromatic carbocycles. The van der Waals surface area contributed by atoms with Gasteiger partial charge in [0.2, 0.25) is 11.8 Å². The fraction of sp³-hybridized carbons (Fsp3) is 0.0833. The van der Waals surface area contributed by atoms with Gasteiger partial charge in [0.05, 0.1) is 10.7 Å². The molecular formula is C12H11BrN6O. The largest absolute Gasteiger partial charge is 0.437 e. The first-order valence-electron chi connectivity index (χ1n) is 5.79. The van der Waals surface area contributed by atoms with Crippen molar-refractivity contribution in [2.24, 2.45) is 5.84 Å². The Bertz CT molecular complexity index is 772. The number of H-pyrrole nitrogens is 1. The van der Waals surface area contributed by atoms with Gasteiger partial charge in [0.25, 0.3) is 0 Å². The smallest absolute Gasteiger partial charge is 0.242 e. The van der Waals surface area contributed by atoms with E-state index in [0.29, 0.717) is 22.7 Å². The molecule has 20 heavy (non-hydrogen) atoms. The maximum absolute atomic E-state index is 5.82. The van der Waals surface area contributed by atoms with Crippen LogP contribution in [0.3, 0.4) is 0 Å². The van der Waals surface area contributed by atoms with Crippen LogP contribution in [-0.4, -0.2) is 20.2 Å². The number of hydrazine groups is 1. The molecule has 0 aliphatic rings. The van der Waals surface area contributed by atoms with Gasteiger partial charge in [0.15, 0.2) is 5.65 Å². The molecule has 7 nitrogen and oxygen atoms in total. The highest BCUT2D eigenvalue weighted by Gasteiger charge is 2.12. The molecule has 0 atom stereocenters. The summed E-state index contributed by atoms with van der Waals surface area (Å²) in [5, 5.41) is 7.36. The maximum atomic E-state index is 5.82. The number of nitrogen functional groups attached to an aromatic ring is 1. The summed E-state index contributed by atoms with van der Waals surface area (Å²) in [7, 11) is 0. The van der Waals surface area contributed by atoms with Crippen molar-refractivity contribution in [3.8, 4) is 11.6 Å². The molecule has 0 unspecified atom stereocenters. The zero-order valence-corrected chi connectivity index (χ0v) is 12.1. The number of fused-ring (bicyclic) bond motifs is 1. The van der Waals surface area contributed by atoms with Crippen LogP contribution in [0.5, 0.6) is 11.6 Å². The fourth-order valence-electron chi connectivity index (χ4n) is 1.74. The molecule has 3 aromatic rings. The standard InChI is InChI=1S/C12H11BrN6O/c1-6-2-3-9(8(13)4-6)20-11-7-5-15-19-10(7)16-12(17-11)18-14/h2-5H,14H2,1H3,(H2,15,16,17,18,19). The normalized spacial score (nSPS) is 10.8. The van der Waals surface area contributed by atoms with E-state index in [1.807, 2.05) is 25.1 Å². The lowest BCUT2D eigenvalue weighted by atomic mass is 10.2. The molecule has 0 saturated carbocycles. The average molecular weight is 335 g/mol. The van der Waals surface area contributed by atoms with Gasteiger partial charge in [-0.2, -0.15) is 15.1 Å². The molecule has 0 amide bonds. The molecule has 0 aliphatic carbocycles. The van der Waals surface area contributed by atoms with Crippen LogP contribution >= 0.6 is 15.9 Å². The Balaban J connectivity index is 2.07. The Labute approximate surface area is 122 Å². The number of aromatic amines is 1. The number of anilines is 1. The first-order chi connectivity index (χ1) is 9.67. The van der Waals surface area contributed by atoms with E-state index in [-0.39, 0.29) is 5.95 Å². The Kier molecular flexibility index (Phi) is 3.25. The van der Waals surface area contributed by atoms with Crippen LogP contribution in [0.2, 0.25) is 0 Å². The highest BCUT2D eigenvalue weighted by atomic mass is 79.9. The van der Waals surface area contributed by atoms with Crippen LogP contribution in [0.4, 0.5) is 5.95 Å². The number of aromatic nitrogens is 4. The Morgan fingerprint density at radius 2 is 2.20 bits per heavy atom. The second kappa shape index (κ2) is 5.06. The van der Waals surface area contributed by atoms with Crippen molar-refractivity contribution in [3.63, 3.8) is 0 Å². The van der Waals surface area contributed by atoms with E-state index in [1.54, 1.807) is 6.20 Å². The summed E-state index contributed by atoms with van der Waals surface area (Å²) in [5.41, 5.74) is 4.07. The van der Waals surface area contributed by atoms with Crippen molar-refractivity contribution in [1.29, 1.82) is 0 Å². The van der Waals surface area contributed by atoms with E-state index < -0.39 is 0 Å². The summed E-state index contributed by atoms with van der Waals surface area (Å²) in [6.45, 7) is 2.00. The van der Waals surface area contributed by atoms with Gasteiger partial charge in [-0.1, -0.05) is 6.07 Å². The second-order valence-corrected chi connectivity index (χ2v) is 5.02. The topological polar surface area (TPSA) is 102 Å². The number of halogens is 1. The minimum atomic E-state index is 0.250. The monoisotopic (exact) mass is 334 g/mol. The minimum Gasteiger partial charge on any atom is -0.437 e. The van der Waals surface area contributed by atoms with Crippen LogP contribution in [0.15, 0.2) is 28.9 Å². The Morgan fingerprint density at radius 3 is 2.95 bits per heavy atom. The predicted molar refractivity (Wildman–Crippen MR) is 78.4 cm³/mol. The van der Waals surface area contributed by atoms with Crippen molar-refractivity contribution in [2.75, 3.05) is 5.43 Å². The summed E-state index contributed by atoms with van der Waals surface area (Å²) in [4.78, 5) is 8.34. The first kappa shape index (κ1) is 12.8. The number of benzene rings is 1. The summed E-state index contributed by atoms with van der Waals surface area (Å²) in [6.07, 6.45) is 1.60. The van der Waals surface area contributed by atoms with E-state index in [1.165, 1.54) is 0 Å². The van der Waals surface area contributed by atoms with Crippen LogP contribution in [0.1, 0.15) is 5.56 Å². The lowest BCUT2D eigenvalue weighted by Crippen LogP contribution is -2.10. The van der Waals surface area contributed by atoms with Gasteiger partial charge in [-0.15, -0.1) is 0 Å². The molecular weight excluding hydrogens is 324 g/mol. The van der Waals surface area contributed by atoms with E-state index >= 15 is 0 Å². The number of aryl methyl sites for hydroxylation is 1. The number of rotatable bonds is 3. The highest BCUT2D eigenvalue weighted by molar-refractivity contribution is 9.10. The number of ether oxygens (including phenoxy) is 1. The number of nitrogens with one attached hydrogen (secondary N) is 2. The molecule has 102 valence electrons. The summed E-state index contributed by atoms with van der Waals surface area (Å²) >= 11 is 3.46. The molecule has 2 heterocycles. The molecule has 0 radical (unpaired) electrons. The van der Waals surface area contributed by atoms with E-state index in [9.17, 15) is 0 Å². The molecule has 0 bridgehead atoms. The number of hydrogen-bond acceptors (Lipinski definition) is 6. The van der Waals surface area contributed by atoms with Gasteiger partial charge in [0.1, 0.15) is 11.1 Å². The lowest BCUT2D eigenvalue weighted by molar-refractivity contribution is 0.466. The third kappa shape index (κ3) is 2.30. The Hall–Kier alpha value is -2.19. The van der Waals surface area contributed by atoms with Crippen LogP contribution < -0.4 is 16.0 Å².